The number of hydrogen-bond donors (Lipinski definition) is 0. The average molecular weight is 423 g/mol. The second-order valence-electron chi connectivity index (χ2n) is 6.72. The van der Waals surface area contributed by atoms with Gasteiger partial charge in [0, 0.05) is 19.5 Å². The summed E-state index contributed by atoms with van der Waals surface area (Å²) in [6.45, 7) is 2.60. The van der Waals surface area contributed by atoms with Crippen molar-refractivity contribution in [2.45, 2.75) is 50.5 Å². The quantitative estimate of drug-likeness (QED) is 0.625. The number of methoxy groups -OCH3 is 1. The van der Waals surface area contributed by atoms with Crippen LogP contribution in [0.4, 0.5) is 0 Å². The molecule has 9 nitrogen and oxygen atoms in total. The molecule has 0 unspecified atom stereocenters. The van der Waals surface area contributed by atoms with Crippen molar-refractivity contribution < 1.29 is 27.2 Å². The van der Waals surface area contributed by atoms with Gasteiger partial charge in [-0.15, -0.1) is 0 Å². The van der Waals surface area contributed by atoms with E-state index in [4.69, 9.17) is 14.0 Å². The van der Waals surface area contributed by atoms with Crippen LogP contribution in [0.3, 0.4) is 0 Å². The molecule has 1 aliphatic rings. The Kier molecular flexibility index (Phi) is 6.86. The van der Waals surface area contributed by atoms with Gasteiger partial charge in [0.05, 0.1) is 12.7 Å². The number of hydrogen-bond acceptors (Lipinski definition) is 8. The van der Waals surface area contributed by atoms with E-state index in [9.17, 15) is 13.2 Å². The number of benzene rings is 1. The minimum Gasteiger partial charge on any atom is -0.495 e. The smallest absolute Gasteiger partial charge is 0.338 e. The largest absolute Gasteiger partial charge is 0.495 e. The third-order valence-electron chi connectivity index (χ3n) is 4.74. The highest BCUT2D eigenvalue weighted by Crippen LogP contribution is 2.29. The Balaban J connectivity index is 1.81. The maximum absolute atomic E-state index is 13.2. The molecule has 0 bridgehead atoms. The zero-order valence-electron chi connectivity index (χ0n) is 16.6. The molecule has 2 aromatic rings. The first kappa shape index (κ1) is 21.3. The summed E-state index contributed by atoms with van der Waals surface area (Å²) in [6.07, 6.45) is 4.24. The molecule has 0 radical (unpaired) electrons. The highest BCUT2D eigenvalue weighted by atomic mass is 32.2. The molecule has 158 valence electrons. The van der Waals surface area contributed by atoms with Gasteiger partial charge in [0.25, 0.3) is 5.89 Å². The van der Waals surface area contributed by atoms with Gasteiger partial charge in [-0.1, -0.05) is 24.9 Å². The first-order chi connectivity index (χ1) is 14.0. The maximum atomic E-state index is 13.2. The van der Waals surface area contributed by atoms with E-state index in [1.54, 1.807) is 0 Å². The number of nitrogens with zero attached hydrogens (tertiary/aromatic N) is 3. The third kappa shape index (κ3) is 4.94. The summed E-state index contributed by atoms with van der Waals surface area (Å²) in [5.41, 5.74) is 0.106. The first-order valence-electron chi connectivity index (χ1n) is 9.62. The van der Waals surface area contributed by atoms with Gasteiger partial charge < -0.3 is 14.0 Å². The highest BCUT2D eigenvalue weighted by molar-refractivity contribution is 7.89. The van der Waals surface area contributed by atoms with E-state index in [-0.39, 0.29) is 28.7 Å². The normalized spacial score (nSPS) is 15.7. The molecule has 2 heterocycles. The average Bonchev–Trinajstić information content (AvgIpc) is 3.02. The van der Waals surface area contributed by atoms with E-state index in [1.165, 1.54) is 29.6 Å². The minimum atomic E-state index is -3.79. The summed E-state index contributed by atoms with van der Waals surface area (Å²) in [7, 11) is -2.39. The van der Waals surface area contributed by atoms with E-state index in [1.807, 2.05) is 6.92 Å². The number of rotatable bonds is 7. The lowest BCUT2D eigenvalue weighted by Crippen LogP contribution is -2.32. The van der Waals surface area contributed by atoms with Gasteiger partial charge >= 0.3 is 5.97 Å². The molecule has 1 aliphatic heterocycles. The third-order valence-corrected chi connectivity index (χ3v) is 6.66. The van der Waals surface area contributed by atoms with E-state index in [0.717, 1.165) is 25.7 Å². The minimum absolute atomic E-state index is 0.0394. The second kappa shape index (κ2) is 9.36. The Morgan fingerprint density at radius 3 is 2.55 bits per heavy atom. The first-order valence-corrected chi connectivity index (χ1v) is 11.1. The van der Waals surface area contributed by atoms with Crippen LogP contribution in [0.1, 0.15) is 54.7 Å². The number of aryl methyl sites for hydroxylation is 1. The number of sulfonamides is 1. The van der Waals surface area contributed by atoms with Crippen LogP contribution in [0, 0.1) is 0 Å². The lowest BCUT2D eigenvalue weighted by atomic mass is 10.2. The fraction of sp³-hybridized carbons (Fsp3) is 0.526. The molecule has 3 rings (SSSR count). The van der Waals surface area contributed by atoms with Crippen LogP contribution in [-0.4, -0.2) is 49.0 Å². The summed E-state index contributed by atoms with van der Waals surface area (Å²) >= 11 is 0. The fourth-order valence-electron chi connectivity index (χ4n) is 3.13. The Morgan fingerprint density at radius 2 is 1.93 bits per heavy atom. The van der Waals surface area contributed by atoms with Crippen molar-refractivity contribution in [2.24, 2.45) is 0 Å². The summed E-state index contributed by atoms with van der Waals surface area (Å²) < 4.78 is 43.2. The van der Waals surface area contributed by atoms with Crippen LogP contribution in [0.2, 0.25) is 0 Å². The molecule has 1 saturated heterocycles. The van der Waals surface area contributed by atoms with Crippen molar-refractivity contribution >= 4 is 16.0 Å². The zero-order valence-corrected chi connectivity index (χ0v) is 17.4. The van der Waals surface area contributed by atoms with Crippen molar-refractivity contribution in [1.82, 2.24) is 14.4 Å². The fourth-order valence-corrected chi connectivity index (χ4v) is 4.83. The van der Waals surface area contributed by atoms with Crippen molar-refractivity contribution in [3.8, 4) is 5.75 Å². The molecule has 0 amide bonds. The van der Waals surface area contributed by atoms with Gasteiger partial charge in [-0.2, -0.15) is 9.29 Å². The SMILES string of the molecule is CCc1noc(COC(=O)c2ccc(OC)c(S(=O)(=O)N3CCCCCC3)c2)n1. The van der Waals surface area contributed by atoms with Crippen molar-refractivity contribution in [3.63, 3.8) is 0 Å². The van der Waals surface area contributed by atoms with Crippen molar-refractivity contribution in [2.75, 3.05) is 20.2 Å². The number of carbonyl (C=O) groups is 1. The summed E-state index contributed by atoms with van der Waals surface area (Å²) in [5, 5.41) is 3.74. The van der Waals surface area contributed by atoms with Crippen LogP contribution >= 0.6 is 0 Å². The van der Waals surface area contributed by atoms with Crippen LogP contribution in [0.15, 0.2) is 27.6 Å². The molecule has 0 atom stereocenters. The number of esters is 1. The summed E-state index contributed by atoms with van der Waals surface area (Å²) in [4.78, 5) is 16.5. The van der Waals surface area contributed by atoms with Gasteiger partial charge in [-0.05, 0) is 31.0 Å². The van der Waals surface area contributed by atoms with Crippen LogP contribution in [0.5, 0.6) is 5.75 Å². The molecule has 0 spiro atoms. The standard InChI is InChI=1S/C19H25N3O6S/c1-3-17-20-18(28-21-17)13-27-19(23)14-8-9-15(26-2)16(12-14)29(24,25)22-10-6-4-5-7-11-22/h8-9,12H,3-7,10-11,13H2,1-2H3. The topological polar surface area (TPSA) is 112 Å². The number of aromatic nitrogens is 2. The lowest BCUT2D eigenvalue weighted by molar-refractivity contribution is 0.0429. The molecular formula is C19H25N3O6S. The van der Waals surface area contributed by atoms with Crippen molar-refractivity contribution in [1.29, 1.82) is 0 Å². The van der Waals surface area contributed by atoms with Gasteiger partial charge in [0.15, 0.2) is 12.4 Å². The molecule has 1 fully saturated rings. The molecule has 1 aromatic carbocycles. The summed E-state index contributed by atoms with van der Waals surface area (Å²) in [5.74, 6) is 0.207. The number of carbonyl (C=O) groups excluding carboxylic acids is 1. The molecular weight excluding hydrogens is 398 g/mol. The molecule has 10 heteroatoms. The monoisotopic (exact) mass is 423 g/mol. The van der Waals surface area contributed by atoms with Gasteiger partial charge in [0.1, 0.15) is 10.6 Å². The van der Waals surface area contributed by atoms with Gasteiger partial charge in [0.2, 0.25) is 10.0 Å². The summed E-state index contributed by atoms with van der Waals surface area (Å²) in [6, 6.07) is 4.23. The van der Waals surface area contributed by atoms with E-state index in [0.29, 0.717) is 25.3 Å². The van der Waals surface area contributed by atoms with E-state index >= 15 is 0 Å². The molecule has 1 aromatic heterocycles. The van der Waals surface area contributed by atoms with Gasteiger partial charge in [-0.25, -0.2) is 13.2 Å². The molecule has 29 heavy (non-hydrogen) atoms. The van der Waals surface area contributed by atoms with Crippen LogP contribution in [-0.2, 0) is 27.8 Å². The van der Waals surface area contributed by atoms with Crippen LogP contribution < -0.4 is 4.74 Å². The van der Waals surface area contributed by atoms with E-state index in [2.05, 4.69) is 10.1 Å². The Hall–Kier alpha value is -2.46. The van der Waals surface area contributed by atoms with Crippen LogP contribution in [0.25, 0.3) is 0 Å². The molecule has 0 aliphatic carbocycles. The maximum Gasteiger partial charge on any atom is 0.338 e. The molecule has 0 saturated carbocycles. The predicted molar refractivity (Wildman–Crippen MR) is 103 cm³/mol. The Labute approximate surface area is 170 Å². The predicted octanol–water partition coefficient (Wildman–Crippen LogP) is 2.56. The lowest BCUT2D eigenvalue weighted by Gasteiger charge is -2.21. The van der Waals surface area contributed by atoms with Gasteiger partial charge in [-0.3, -0.25) is 0 Å². The Bertz CT molecular complexity index is 949. The molecule has 0 N–H and O–H groups in total. The van der Waals surface area contributed by atoms with Crippen molar-refractivity contribution in [3.05, 3.63) is 35.5 Å². The highest BCUT2D eigenvalue weighted by Gasteiger charge is 2.29. The second-order valence-corrected chi connectivity index (χ2v) is 8.62. The van der Waals surface area contributed by atoms with E-state index < -0.39 is 16.0 Å². The number of ether oxygens (including phenoxy) is 2. The zero-order chi connectivity index (χ0) is 20.9. The Morgan fingerprint density at radius 1 is 1.21 bits per heavy atom.